The molecule has 1 aliphatic carbocycles. The van der Waals surface area contributed by atoms with Crippen molar-refractivity contribution in [1.29, 1.82) is 5.26 Å². The van der Waals surface area contributed by atoms with Gasteiger partial charge in [-0.2, -0.15) is 5.26 Å². The van der Waals surface area contributed by atoms with Gasteiger partial charge in [-0.05, 0) is 18.9 Å². The van der Waals surface area contributed by atoms with Gasteiger partial charge in [0, 0.05) is 31.1 Å². The lowest BCUT2D eigenvalue weighted by Gasteiger charge is -2.07. The summed E-state index contributed by atoms with van der Waals surface area (Å²) in [6.45, 7) is 0.812. The molecule has 19 heavy (non-hydrogen) atoms. The number of amides is 1. The SMILES string of the molecule is N#Cc1cccc(CNCCC(=O)NC2CC2)c1F. The summed E-state index contributed by atoms with van der Waals surface area (Å²) in [7, 11) is 0. The van der Waals surface area contributed by atoms with Crippen LogP contribution in [0.25, 0.3) is 0 Å². The van der Waals surface area contributed by atoms with Crippen LogP contribution < -0.4 is 10.6 Å². The maximum Gasteiger partial charge on any atom is 0.221 e. The Hall–Kier alpha value is -1.93. The van der Waals surface area contributed by atoms with E-state index in [-0.39, 0.29) is 11.5 Å². The molecule has 100 valence electrons. The fraction of sp³-hybridized carbons (Fsp3) is 0.429. The van der Waals surface area contributed by atoms with E-state index in [1.807, 2.05) is 0 Å². The summed E-state index contributed by atoms with van der Waals surface area (Å²) in [4.78, 5) is 11.4. The highest BCUT2D eigenvalue weighted by Crippen LogP contribution is 2.18. The van der Waals surface area contributed by atoms with Crippen LogP contribution in [0.15, 0.2) is 18.2 Å². The molecule has 0 aliphatic heterocycles. The van der Waals surface area contributed by atoms with Crippen LogP contribution in [-0.2, 0) is 11.3 Å². The van der Waals surface area contributed by atoms with E-state index in [1.54, 1.807) is 18.2 Å². The highest BCUT2D eigenvalue weighted by atomic mass is 19.1. The van der Waals surface area contributed by atoms with Gasteiger partial charge >= 0.3 is 0 Å². The molecular formula is C14H16FN3O. The molecule has 0 atom stereocenters. The monoisotopic (exact) mass is 261 g/mol. The number of hydrogen-bond acceptors (Lipinski definition) is 3. The fourth-order valence-electron chi connectivity index (χ4n) is 1.76. The Morgan fingerprint density at radius 2 is 2.26 bits per heavy atom. The highest BCUT2D eigenvalue weighted by Gasteiger charge is 2.22. The lowest BCUT2D eigenvalue weighted by molar-refractivity contribution is -0.121. The van der Waals surface area contributed by atoms with E-state index >= 15 is 0 Å². The van der Waals surface area contributed by atoms with Crippen molar-refractivity contribution in [3.05, 3.63) is 35.1 Å². The lowest BCUT2D eigenvalue weighted by atomic mass is 10.1. The minimum atomic E-state index is -0.486. The van der Waals surface area contributed by atoms with E-state index < -0.39 is 5.82 Å². The molecule has 0 aromatic heterocycles. The lowest BCUT2D eigenvalue weighted by Crippen LogP contribution is -2.29. The third kappa shape index (κ3) is 4.04. The first-order valence-corrected chi connectivity index (χ1v) is 6.38. The van der Waals surface area contributed by atoms with Crippen molar-refractivity contribution in [3.8, 4) is 6.07 Å². The standard InChI is InChI=1S/C14H16FN3O/c15-14-10(8-16)2-1-3-11(14)9-17-7-6-13(19)18-12-4-5-12/h1-3,12,17H,4-7,9H2,(H,18,19). The third-order valence-electron chi connectivity index (χ3n) is 2.99. The molecule has 4 nitrogen and oxygen atoms in total. The van der Waals surface area contributed by atoms with Gasteiger partial charge in [0.2, 0.25) is 5.91 Å². The van der Waals surface area contributed by atoms with Gasteiger partial charge in [-0.3, -0.25) is 4.79 Å². The largest absolute Gasteiger partial charge is 0.353 e. The van der Waals surface area contributed by atoms with Crippen LogP contribution in [0.3, 0.4) is 0 Å². The summed E-state index contributed by atoms with van der Waals surface area (Å²) >= 11 is 0. The molecule has 0 saturated heterocycles. The third-order valence-corrected chi connectivity index (χ3v) is 2.99. The summed E-state index contributed by atoms with van der Waals surface area (Å²) in [6, 6.07) is 6.91. The van der Waals surface area contributed by atoms with E-state index in [9.17, 15) is 9.18 Å². The smallest absolute Gasteiger partial charge is 0.221 e. The molecule has 1 amide bonds. The van der Waals surface area contributed by atoms with Gasteiger partial charge in [0.05, 0.1) is 5.56 Å². The molecule has 0 unspecified atom stereocenters. The second-order valence-corrected chi connectivity index (χ2v) is 4.66. The predicted octanol–water partition coefficient (Wildman–Crippen LogP) is 1.46. The highest BCUT2D eigenvalue weighted by molar-refractivity contribution is 5.76. The summed E-state index contributed by atoms with van der Waals surface area (Å²) in [6.07, 6.45) is 2.53. The summed E-state index contributed by atoms with van der Waals surface area (Å²) in [5, 5.41) is 14.6. The number of nitrogens with zero attached hydrogens (tertiary/aromatic N) is 1. The molecule has 0 radical (unpaired) electrons. The zero-order valence-electron chi connectivity index (χ0n) is 10.6. The Morgan fingerprint density at radius 3 is 2.95 bits per heavy atom. The van der Waals surface area contributed by atoms with Crippen molar-refractivity contribution in [2.75, 3.05) is 6.54 Å². The second kappa shape index (κ2) is 6.30. The van der Waals surface area contributed by atoms with Crippen LogP contribution in [-0.4, -0.2) is 18.5 Å². The molecule has 5 heteroatoms. The molecule has 2 rings (SSSR count). The van der Waals surface area contributed by atoms with E-state index in [1.165, 1.54) is 6.07 Å². The van der Waals surface area contributed by atoms with Gasteiger partial charge in [0.25, 0.3) is 0 Å². The number of carbonyl (C=O) groups is 1. The van der Waals surface area contributed by atoms with Crippen molar-refractivity contribution in [3.63, 3.8) is 0 Å². The Kier molecular flexibility index (Phi) is 4.48. The predicted molar refractivity (Wildman–Crippen MR) is 68.6 cm³/mol. The number of benzene rings is 1. The van der Waals surface area contributed by atoms with Crippen LogP contribution in [0.1, 0.15) is 30.4 Å². The molecule has 1 aromatic carbocycles. The fourth-order valence-corrected chi connectivity index (χ4v) is 1.76. The summed E-state index contributed by atoms with van der Waals surface area (Å²) in [5.41, 5.74) is 0.493. The van der Waals surface area contributed by atoms with Crippen LogP contribution in [0.4, 0.5) is 4.39 Å². The minimum Gasteiger partial charge on any atom is -0.353 e. The second-order valence-electron chi connectivity index (χ2n) is 4.66. The maximum atomic E-state index is 13.7. The number of nitrogens with one attached hydrogen (secondary N) is 2. The van der Waals surface area contributed by atoms with Crippen molar-refractivity contribution in [2.45, 2.75) is 31.8 Å². The van der Waals surface area contributed by atoms with E-state index in [4.69, 9.17) is 5.26 Å². The molecule has 2 N–H and O–H groups in total. The van der Waals surface area contributed by atoms with Crippen molar-refractivity contribution >= 4 is 5.91 Å². The van der Waals surface area contributed by atoms with Crippen molar-refractivity contribution < 1.29 is 9.18 Å². The van der Waals surface area contributed by atoms with Gasteiger partial charge < -0.3 is 10.6 Å². The first kappa shape index (κ1) is 13.5. The molecule has 1 fully saturated rings. The Morgan fingerprint density at radius 1 is 1.47 bits per heavy atom. The molecule has 0 bridgehead atoms. The Bertz CT molecular complexity index is 506. The number of nitriles is 1. The zero-order valence-corrected chi connectivity index (χ0v) is 10.6. The van der Waals surface area contributed by atoms with Gasteiger partial charge in [-0.1, -0.05) is 12.1 Å². The quantitative estimate of drug-likeness (QED) is 0.762. The normalized spacial score (nSPS) is 13.9. The van der Waals surface area contributed by atoms with Crippen molar-refractivity contribution in [1.82, 2.24) is 10.6 Å². The molecular weight excluding hydrogens is 245 g/mol. The Balaban J connectivity index is 1.73. The average molecular weight is 261 g/mol. The molecule has 1 aromatic rings. The van der Waals surface area contributed by atoms with Crippen LogP contribution in [0, 0.1) is 17.1 Å². The van der Waals surface area contributed by atoms with Crippen LogP contribution in [0.5, 0.6) is 0 Å². The van der Waals surface area contributed by atoms with Crippen molar-refractivity contribution in [2.24, 2.45) is 0 Å². The first-order chi connectivity index (χ1) is 9.20. The van der Waals surface area contributed by atoms with Gasteiger partial charge in [0.1, 0.15) is 11.9 Å². The maximum absolute atomic E-state index is 13.7. The summed E-state index contributed by atoms with van der Waals surface area (Å²) < 4.78 is 13.7. The number of carbonyl (C=O) groups excluding carboxylic acids is 1. The van der Waals surface area contributed by atoms with Gasteiger partial charge in [-0.15, -0.1) is 0 Å². The van der Waals surface area contributed by atoms with Crippen LogP contribution in [0.2, 0.25) is 0 Å². The molecule has 0 heterocycles. The zero-order chi connectivity index (χ0) is 13.7. The average Bonchev–Trinajstić information content (AvgIpc) is 3.20. The summed E-state index contributed by atoms with van der Waals surface area (Å²) in [5.74, 6) is -0.457. The molecule has 0 spiro atoms. The van der Waals surface area contributed by atoms with E-state index in [2.05, 4.69) is 10.6 Å². The Labute approximate surface area is 111 Å². The minimum absolute atomic E-state index is 0.0289. The van der Waals surface area contributed by atoms with Crippen LogP contribution >= 0.6 is 0 Å². The van der Waals surface area contributed by atoms with Gasteiger partial charge in [0.15, 0.2) is 0 Å². The van der Waals surface area contributed by atoms with E-state index in [0.717, 1.165) is 12.8 Å². The first-order valence-electron chi connectivity index (χ1n) is 6.38. The molecule has 1 aliphatic rings. The van der Waals surface area contributed by atoms with E-state index in [0.29, 0.717) is 31.1 Å². The van der Waals surface area contributed by atoms with Gasteiger partial charge in [-0.25, -0.2) is 4.39 Å². The molecule has 1 saturated carbocycles. The number of hydrogen-bond donors (Lipinski definition) is 2. The topological polar surface area (TPSA) is 64.9 Å². The number of rotatable bonds is 6. The number of halogens is 1.